The van der Waals surface area contributed by atoms with Crippen LogP contribution in [0.1, 0.15) is 0 Å². The summed E-state index contributed by atoms with van der Waals surface area (Å²) in [7, 11) is 1.53. The number of nitrogens with zero attached hydrogens (tertiary/aromatic N) is 1. The number of carbonyl (C=O) groups excluding carboxylic acids is 1. The van der Waals surface area contributed by atoms with Gasteiger partial charge in [-0.25, -0.2) is 4.98 Å². The average molecular weight is 358 g/mol. The Morgan fingerprint density at radius 1 is 1.21 bits per heavy atom. The van der Waals surface area contributed by atoms with Gasteiger partial charge in [0.15, 0.2) is 0 Å². The number of carbonyl (C=O) groups is 1. The highest BCUT2D eigenvalue weighted by atomic mass is 32.2. The maximum absolute atomic E-state index is 12.1. The van der Waals surface area contributed by atoms with E-state index in [1.165, 1.54) is 25.4 Å². The van der Waals surface area contributed by atoms with Crippen molar-refractivity contribution >= 4 is 23.4 Å². The van der Waals surface area contributed by atoms with Gasteiger partial charge in [-0.15, -0.1) is 0 Å². The number of rotatable bonds is 6. The lowest BCUT2D eigenvalue weighted by atomic mass is 10.3. The van der Waals surface area contributed by atoms with Crippen molar-refractivity contribution in [1.82, 2.24) is 4.98 Å². The minimum atomic E-state index is -4.46. The van der Waals surface area contributed by atoms with E-state index in [-0.39, 0.29) is 11.6 Å². The van der Waals surface area contributed by atoms with Gasteiger partial charge in [-0.3, -0.25) is 4.79 Å². The molecule has 0 aliphatic carbocycles. The number of methoxy groups -OCH3 is 1. The van der Waals surface area contributed by atoms with E-state index in [1.807, 2.05) is 0 Å². The fraction of sp³-hybridized carbons (Fsp3) is 0.200. The molecule has 0 saturated carbocycles. The molecule has 1 N–H and O–H groups in total. The Morgan fingerprint density at radius 2 is 1.88 bits per heavy atom. The third-order valence-corrected chi connectivity index (χ3v) is 3.42. The summed E-state index contributed by atoms with van der Waals surface area (Å²) >= 11 is -0.412. The molecule has 128 valence electrons. The topological polar surface area (TPSA) is 60.5 Å². The van der Waals surface area contributed by atoms with E-state index in [9.17, 15) is 18.0 Å². The molecule has 0 aliphatic heterocycles. The standard InChI is InChI=1S/C15H13F3N2O3S/c1-22-10-4-6-11(7-5-10)23-14-12(3-2-8-19-14)20-13(21)9-24-15(16,17)18/h2-8H,9H2,1H3,(H,20,21). The second-order valence-electron chi connectivity index (χ2n) is 4.42. The van der Waals surface area contributed by atoms with E-state index in [0.29, 0.717) is 11.5 Å². The Kier molecular flexibility index (Phi) is 5.91. The summed E-state index contributed by atoms with van der Waals surface area (Å²) in [5.41, 5.74) is -4.28. The van der Waals surface area contributed by atoms with E-state index in [1.54, 1.807) is 24.3 Å². The number of hydrogen-bond donors (Lipinski definition) is 1. The van der Waals surface area contributed by atoms with E-state index in [0.717, 1.165) is 0 Å². The van der Waals surface area contributed by atoms with Gasteiger partial charge in [0.1, 0.15) is 17.2 Å². The number of thioether (sulfide) groups is 1. The summed E-state index contributed by atoms with van der Waals surface area (Å²) in [6.45, 7) is 0. The number of halogens is 3. The molecule has 1 heterocycles. The van der Waals surface area contributed by atoms with Gasteiger partial charge >= 0.3 is 5.51 Å². The third kappa shape index (κ3) is 5.65. The highest BCUT2D eigenvalue weighted by Crippen LogP contribution is 2.31. The second-order valence-corrected chi connectivity index (χ2v) is 5.46. The summed E-state index contributed by atoms with van der Waals surface area (Å²) in [4.78, 5) is 15.6. The molecule has 24 heavy (non-hydrogen) atoms. The molecule has 1 amide bonds. The van der Waals surface area contributed by atoms with Crippen LogP contribution in [0, 0.1) is 0 Å². The van der Waals surface area contributed by atoms with Crippen LogP contribution >= 0.6 is 11.8 Å². The fourth-order valence-corrected chi connectivity index (χ4v) is 2.02. The van der Waals surface area contributed by atoms with Crippen molar-refractivity contribution in [2.75, 3.05) is 18.2 Å². The third-order valence-electron chi connectivity index (χ3n) is 2.69. The van der Waals surface area contributed by atoms with Crippen LogP contribution in [0.4, 0.5) is 18.9 Å². The molecule has 0 aliphatic rings. The number of hydrogen-bond acceptors (Lipinski definition) is 5. The molecule has 0 spiro atoms. The number of ether oxygens (including phenoxy) is 2. The number of nitrogens with one attached hydrogen (secondary N) is 1. The van der Waals surface area contributed by atoms with E-state index < -0.39 is 28.9 Å². The summed E-state index contributed by atoms with van der Waals surface area (Å²) in [6.07, 6.45) is 1.44. The molecule has 2 rings (SSSR count). The highest BCUT2D eigenvalue weighted by molar-refractivity contribution is 8.00. The molecule has 0 atom stereocenters. The largest absolute Gasteiger partial charge is 0.497 e. The molecule has 2 aromatic rings. The van der Waals surface area contributed by atoms with Crippen LogP contribution in [0.15, 0.2) is 42.6 Å². The van der Waals surface area contributed by atoms with Crippen LogP contribution < -0.4 is 14.8 Å². The lowest BCUT2D eigenvalue weighted by molar-refractivity contribution is -0.114. The molecule has 0 radical (unpaired) electrons. The van der Waals surface area contributed by atoms with Crippen molar-refractivity contribution in [3.63, 3.8) is 0 Å². The first-order chi connectivity index (χ1) is 11.4. The molecule has 0 fully saturated rings. The van der Waals surface area contributed by atoms with E-state index in [2.05, 4.69) is 10.3 Å². The number of anilines is 1. The monoisotopic (exact) mass is 358 g/mol. The van der Waals surface area contributed by atoms with Gasteiger partial charge in [0.25, 0.3) is 0 Å². The molecular weight excluding hydrogens is 345 g/mol. The predicted molar refractivity (Wildman–Crippen MR) is 84.4 cm³/mol. The van der Waals surface area contributed by atoms with Gasteiger partial charge in [0.05, 0.1) is 12.9 Å². The Labute approximate surface area is 140 Å². The molecule has 5 nitrogen and oxygen atoms in total. The number of pyridine rings is 1. The van der Waals surface area contributed by atoms with Crippen molar-refractivity contribution in [2.24, 2.45) is 0 Å². The normalized spacial score (nSPS) is 11.0. The van der Waals surface area contributed by atoms with Gasteiger partial charge < -0.3 is 14.8 Å². The first kappa shape index (κ1) is 17.9. The van der Waals surface area contributed by atoms with Gasteiger partial charge in [0.2, 0.25) is 11.8 Å². The number of alkyl halides is 3. The first-order valence-corrected chi connectivity index (χ1v) is 7.63. The van der Waals surface area contributed by atoms with Crippen LogP contribution in [0.2, 0.25) is 0 Å². The lowest BCUT2D eigenvalue weighted by Crippen LogP contribution is -2.17. The Hall–Kier alpha value is -2.42. The lowest BCUT2D eigenvalue weighted by Gasteiger charge is -2.11. The zero-order chi connectivity index (χ0) is 17.6. The first-order valence-electron chi connectivity index (χ1n) is 6.65. The summed E-state index contributed by atoms with van der Waals surface area (Å²) in [5, 5.41) is 2.35. The summed E-state index contributed by atoms with van der Waals surface area (Å²) < 4.78 is 46.9. The van der Waals surface area contributed by atoms with Crippen LogP contribution in [-0.2, 0) is 4.79 Å². The van der Waals surface area contributed by atoms with Crippen LogP contribution in [0.5, 0.6) is 17.4 Å². The average Bonchev–Trinajstić information content (AvgIpc) is 2.55. The maximum Gasteiger partial charge on any atom is 0.442 e. The molecule has 0 unspecified atom stereocenters. The summed E-state index contributed by atoms with van der Waals surface area (Å²) in [5.74, 6) is -0.394. The molecule has 0 saturated heterocycles. The molecular formula is C15H13F3N2O3S. The number of amides is 1. The zero-order valence-corrected chi connectivity index (χ0v) is 13.3. The van der Waals surface area contributed by atoms with Crippen LogP contribution in [0.3, 0.4) is 0 Å². The molecule has 9 heteroatoms. The Morgan fingerprint density at radius 3 is 2.50 bits per heavy atom. The molecule has 1 aromatic carbocycles. The van der Waals surface area contributed by atoms with Crippen molar-refractivity contribution in [2.45, 2.75) is 5.51 Å². The Balaban J connectivity index is 2.05. The maximum atomic E-state index is 12.1. The smallest absolute Gasteiger partial charge is 0.442 e. The van der Waals surface area contributed by atoms with Crippen LogP contribution in [0.25, 0.3) is 0 Å². The molecule has 0 bridgehead atoms. The van der Waals surface area contributed by atoms with Crippen LogP contribution in [-0.4, -0.2) is 29.3 Å². The van der Waals surface area contributed by atoms with Gasteiger partial charge in [-0.1, -0.05) is 0 Å². The van der Waals surface area contributed by atoms with E-state index in [4.69, 9.17) is 9.47 Å². The summed E-state index contributed by atoms with van der Waals surface area (Å²) in [6, 6.07) is 9.65. The van der Waals surface area contributed by atoms with Crippen molar-refractivity contribution < 1.29 is 27.4 Å². The van der Waals surface area contributed by atoms with Gasteiger partial charge in [0, 0.05) is 6.20 Å². The minimum absolute atomic E-state index is 0.0769. The Bertz CT molecular complexity index is 693. The quantitative estimate of drug-likeness (QED) is 0.843. The van der Waals surface area contributed by atoms with E-state index >= 15 is 0 Å². The second kappa shape index (κ2) is 7.91. The highest BCUT2D eigenvalue weighted by Gasteiger charge is 2.29. The van der Waals surface area contributed by atoms with Gasteiger partial charge in [-0.05, 0) is 48.2 Å². The van der Waals surface area contributed by atoms with Crippen molar-refractivity contribution in [3.8, 4) is 17.4 Å². The zero-order valence-electron chi connectivity index (χ0n) is 12.5. The minimum Gasteiger partial charge on any atom is -0.497 e. The SMILES string of the molecule is COc1ccc(Oc2ncccc2NC(=O)CSC(F)(F)F)cc1. The van der Waals surface area contributed by atoms with Gasteiger partial charge in [-0.2, -0.15) is 13.2 Å². The van der Waals surface area contributed by atoms with Crippen molar-refractivity contribution in [3.05, 3.63) is 42.6 Å². The van der Waals surface area contributed by atoms with Crippen molar-refractivity contribution in [1.29, 1.82) is 0 Å². The predicted octanol–water partition coefficient (Wildman–Crippen LogP) is 4.07. The number of aromatic nitrogens is 1. The fourth-order valence-electron chi connectivity index (χ4n) is 1.66. The molecule has 1 aromatic heterocycles. The number of benzene rings is 1.